The van der Waals surface area contributed by atoms with Gasteiger partial charge in [0, 0.05) is 56.1 Å². The van der Waals surface area contributed by atoms with Crippen LogP contribution in [0.15, 0.2) is 24.7 Å². The van der Waals surface area contributed by atoms with Crippen molar-refractivity contribution in [3.63, 3.8) is 0 Å². The molecule has 0 aliphatic carbocycles. The Kier molecular flexibility index (Phi) is 7.63. The van der Waals surface area contributed by atoms with E-state index in [1.165, 1.54) is 0 Å². The molecule has 0 amide bonds. The van der Waals surface area contributed by atoms with E-state index in [2.05, 4.69) is 83.3 Å². The molecule has 184 valence electrons. The summed E-state index contributed by atoms with van der Waals surface area (Å²) in [4.78, 5) is 23.6. The summed E-state index contributed by atoms with van der Waals surface area (Å²) in [5, 5.41) is 3.51. The van der Waals surface area contributed by atoms with Crippen molar-refractivity contribution in [1.82, 2.24) is 29.4 Å². The van der Waals surface area contributed by atoms with Crippen LogP contribution in [0.1, 0.15) is 47.6 Å². The Balaban J connectivity index is 1.61. The molecule has 0 saturated carbocycles. The minimum Gasteiger partial charge on any atom is -0.378 e. The van der Waals surface area contributed by atoms with Gasteiger partial charge in [-0.3, -0.25) is 4.90 Å². The van der Waals surface area contributed by atoms with E-state index in [-0.39, 0.29) is 6.04 Å². The van der Waals surface area contributed by atoms with Crippen molar-refractivity contribution in [2.24, 2.45) is 0 Å². The lowest BCUT2D eigenvalue weighted by atomic mass is 10.2. The van der Waals surface area contributed by atoms with Gasteiger partial charge in [-0.25, -0.2) is 19.9 Å². The molecule has 0 atom stereocenters. The normalized spacial score (nSPS) is 14.8. The van der Waals surface area contributed by atoms with Crippen LogP contribution in [-0.4, -0.2) is 80.9 Å². The quantitative estimate of drug-likeness (QED) is 0.509. The number of nitrogens with zero attached hydrogens (tertiary/aromatic N) is 7. The lowest BCUT2D eigenvalue weighted by molar-refractivity contribution is 0.122. The van der Waals surface area contributed by atoms with E-state index in [9.17, 15) is 0 Å². The molecule has 0 aromatic carbocycles. The summed E-state index contributed by atoms with van der Waals surface area (Å²) in [5.74, 6) is 2.61. The number of imidazole rings is 1. The molecule has 0 bridgehead atoms. The molecule has 0 radical (unpaired) electrons. The van der Waals surface area contributed by atoms with Crippen LogP contribution in [-0.2, 0) is 4.74 Å². The molecular weight excluding hydrogens is 428 g/mol. The van der Waals surface area contributed by atoms with Crippen LogP contribution >= 0.6 is 0 Å². The van der Waals surface area contributed by atoms with Gasteiger partial charge in [0.25, 0.3) is 0 Å². The summed E-state index contributed by atoms with van der Waals surface area (Å²) in [6.45, 7) is 18.2. The minimum atomic E-state index is 0.194. The largest absolute Gasteiger partial charge is 0.378 e. The Hall–Kier alpha value is -2.78. The third-order valence-corrected chi connectivity index (χ3v) is 6.32. The molecule has 3 aromatic rings. The fraction of sp³-hybridized carbons (Fsp3) is 0.600. The van der Waals surface area contributed by atoms with Crippen molar-refractivity contribution in [2.75, 3.05) is 49.6 Å². The zero-order chi connectivity index (χ0) is 24.2. The van der Waals surface area contributed by atoms with Gasteiger partial charge in [0.05, 0.1) is 13.2 Å². The zero-order valence-electron chi connectivity index (χ0n) is 21.3. The predicted octanol–water partition coefficient (Wildman–Crippen LogP) is 3.84. The Morgan fingerprint density at radius 3 is 2.35 bits per heavy atom. The predicted molar refractivity (Wildman–Crippen MR) is 137 cm³/mol. The Labute approximate surface area is 202 Å². The number of pyridine rings is 1. The monoisotopic (exact) mass is 466 g/mol. The van der Waals surface area contributed by atoms with Crippen molar-refractivity contribution >= 4 is 22.8 Å². The van der Waals surface area contributed by atoms with E-state index in [1.807, 2.05) is 6.20 Å². The summed E-state index contributed by atoms with van der Waals surface area (Å²) >= 11 is 0. The topological polar surface area (TPSA) is 84.2 Å². The molecule has 0 spiro atoms. The summed E-state index contributed by atoms with van der Waals surface area (Å²) < 4.78 is 7.63. The second-order valence-electron chi connectivity index (χ2n) is 9.65. The molecule has 1 saturated heterocycles. The first-order chi connectivity index (χ1) is 16.4. The van der Waals surface area contributed by atoms with Gasteiger partial charge in [-0.2, -0.15) is 0 Å². The molecule has 1 fully saturated rings. The molecule has 4 heterocycles. The Morgan fingerprint density at radius 2 is 1.74 bits per heavy atom. The van der Waals surface area contributed by atoms with Gasteiger partial charge >= 0.3 is 0 Å². The molecule has 9 nitrogen and oxygen atoms in total. The van der Waals surface area contributed by atoms with Crippen molar-refractivity contribution < 1.29 is 4.74 Å². The van der Waals surface area contributed by atoms with Gasteiger partial charge in [-0.15, -0.1) is 0 Å². The van der Waals surface area contributed by atoms with Crippen molar-refractivity contribution in [2.45, 2.75) is 59.7 Å². The van der Waals surface area contributed by atoms with E-state index >= 15 is 0 Å². The van der Waals surface area contributed by atoms with E-state index < -0.39 is 0 Å². The second-order valence-corrected chi connectivity index (χ2v) is 9.65. The number of hydrogen-bond acceptors (Lipinski definition) is 8. The molecule has 3 aromatic heterocycles. The SMILES string of the molecule is CC(C)N(CCNc1ncnc2c1nc(-c1ccc(N3CCOCC3)nc1)n2C(C)C)C(C)C. The molecule has 0 unspecified atom stereocenters. The standard InChI is InChI=1S/C25H38N8O/c1-17(2)32(18(3)4)10-9-26-23-22-25(29-16-28-23)33(19(5)6)24(30-22)20-7-8-21(27-15-20)31-11-13-34-14-12-31/h7-8,15-19H,9-14H2,1-6H3,(H,26,28,29). The fourth-order valence-corrected chi connectivity index (χ4v) is 4.64. The first-order valence-electron chi connectivity index (χ1n) is 12.4. The van der Waals surface area contributed by atoms with Crippen LogP contribution in [0, 0.1) is 0 Å². The number of ether oxygens (including phenoxy) is 1. The van der Waals surface area contributed by atoms with E-state index in [0.717, 1.165) is 73.6 Å². The average Bonchev–Trinajstić information content (AvgIpc) is 3.23. The number of aromatic nitrogens is 5. The first kappa shape index (κ1) is 24.3. The fourth-order valence-electron chi connectivity index (χ4n) is 4.64. The Bertz CT molecular complexity index is 1060. The number of morpholine rings is 1. The van der Waals surface area contributed by atoms with Crippen molar-refractivity contribution in [3.8, 4) is 11.4 Å². The highest BCUT2D eigenvalue weighted by Crippen LogP contribution is 2.30. The minimum absolute atomic E-state index is 0.194. The molecule has 1 aliphatic rings. The molecular formula is C25H38N8O. The van der Waals surface area contributed by atoms with Crippen LogP contribution in [0.2, 0.25) is 0 Å². The molecule has 4 rings (SSSR count). The summed E-state index contributed by atoms with van der Waals surface area (Å²) in [7, 11) is 0. The van der Waals surface area contributed by atoms with E-state index in [4.69, 9.17) is 14.7 Å². The number of nitrogens with one attached hydrogen (secondary N) is 1. The van der Waals surface area contributed by atoms with Crippen molar-refractivity contribution in [3.05, 3.63) is 24.7 Å². The van der Waals surface area contributed by atoms with Crippen LogP contribution in [0.4, 0.5) is 11.6 Å². The van der Waals surface area contributed by atoms with Gasteiger partial charge < -0.3 is 19.5 Å². The van der Waals surface area contributed by atoms with Crippen LogP contribution < -0.4 is 10.2 Å². The summed E-state index contributed by atoms with van der Waals surface area (Å²) in [6, 6.07) is 5.35. The average molecular weight is 467 g/mol. The maximum Gasteiger partial charge on any atom is 0.166 e. The van der Waals surface area contributed by atoms with Gasteiger partial charge in [0.15, 0.2) is 17.0 Å². The number of hydrogen-bond donors (Lipinski definition) is 1. The molecule has 9 heteroatoms. The summed E-state index contributed by atoms with van der Waals surface area (Å²) in [5.41, 5.74) is 2.61. The molecule has 1 aliphatic heterocycles. The third-order valence-electron chi connectivity index (χ3n) is 6.32. The van der Waals surface area contributed by atoms with Crippen LogP contribution in [0.5, 0.6) is 0 Å². The highest BCUT2D eigenvalue weighted by molar-refractivity contribution is 5.86. The smallest absolute Gasteiger partial charge is 0.166 e. The highest BCUT2D eigenvalue weighted by Gasteiger charge is 2.21. The lowest BCUT2D eigenvalue weighted by Crippen LogP contribution is -2.40. The van der Waals surface area contributed by atoms with E-state index in [1.54, 1.807) is 6.33 Å². The van der Waals surface area contributed by atoms with Crippen molar-refractivity contribution in [1.29, 1.82) is 0 Å². The zero-order valence-corrected chi connectivity index (χ0v) is 21.3. The maximum absolute atomic E-state index is 5.46. The summed E-state index contributed by atoms with van der Waals surface area (Å²) in [6.07, 6.45) is 3.53. The van der Waals surface area contributed by atoms with Crippen LogP contribution in [0.25, 0.3) is 22.6 Å². The van der Waals surface area contributed by atoms with Gasteiger partial charge in [-0.1, -0.05) is 0 Å². The molecule has 1 N–H and O–H groups in total. The lowest BCUT2D eigenvalue weighted by Gasteiger charge is -2.30. The second kappa shape index (κ2) is 10.7. The van der Waals surface area contributed by atoms with Crippen LogP contribution in [0.3, 0.4) is 0 Å². The van der Waals surface area contributed by atoms with E-state index in [0.29, 0.717) is 12.1 Å². The van der Waals surface area contributed by atoms with Gasteiger partial charge in [0.2, 0.25) is 0 Å². The Morgan fingerprint density at radius 1 is 1.00 bits per heavy atom. The molecule has 34 heavy (non-hydrogen) atoms. The van der Waals surface area contributed by atoms with Gasteiger partial charge in [0.1, 0.15) is 18.0 Å². The number of fused-ring (bicyclic) bond motifs is 1. The maximum atomic E-state index is 5.46. The first-order valence-corrected chi connectivity index (χ1v) is 12.4. The third kappa shape index (κ3) is 5.15. The van der Waals surface area contributed by atoms with Gasteiger partial charge in [-0.05, 0) is 53.7 Å². The highest BCUT2D eigenvalue weighted by atomic mass is 16.5. The number of anilines is 2. The number of rotatable bonds is 9.